The monoisotopic (exact) mass is 477 g/mol. The lowest BCUT2D eigenvalue weighted by molar-refractivity contribution is -0.0454. The molecule has 1 saturated heterocycles. The molecule has 8 heteroatoms. The van der Waals surface area contributed by atoms with Crippen LogP contribution in [-0.4, -0.2) is 61.0 Å². The largest absolute Gasteiger partial charge is 0.490 e. The number of ether oxygens (including phenoxy) is 2. The van der Waals surface area contributed by atoms with Gasteiger partial charge in [0.25, 0.3) is 5.91 Å². The van der Waals surface area contributed by atoms with E-state index in [1.807, 2.05) is 12.1 Å². The fraction of sp³-hybridized carbons (Fsp3) is 0.444. The Morgan fingerprint density at radius 1 is 1.23 bits per heavy atom. The summed E-state index contributed by atoms with van der Waals surface area (Å²) in [5.74, 6) is 1.52. The number of aliphatic hydroxyl groups is 1. The van der Waals surface area contributed by atoms with E-state index in [-0.39, 0.29) is 17.4 Å². The molecule has 184 valence electrons. The molecule has 1 spiro atoms. The van der Waals surface area contributed by atoms with E-state index in [2.05, 4.69) is 29.6 Å². The van der Waals surface area contributed by atoms with Crippen LogP contribution in [0.5, 0.6) is 11.5 Å². The fourth-order valence-corrected chi connectivity index (χ4v) is 6.46. The first-order chi connectivity index (χ1) is 17.0. The second kappa shape index (κ2) is 8.55. The number of nitrogens with one attached hydrogen (secondary N) is 1. The highest BCUT2D eigenvalue weighted by atomic mass is 16.7. The minimum atomic E-state index is -0.625. The number of likely N-dealkylation sites (N-methyl/N-ethyl adjacent to an activating group) is 1. The van der Waals surface area contributed by atoms with Crippen LogP contribution in [-0.2, 0) is 16.7 Å². The molecule has 5 atom stereocenters. The Balaban J connectivity index is 1.11. The van der Waals surface area contributed by atoms with Crippen molar-refractivity contribution in [3.8, 4) is 11.5 Å². The van der Waals surface area contributed by atoms with E-state index in [9.17, 15) is 9.90 Å². The third kappa shape index (κ3) is 3.51. The molecule has 6 rings (SSSR count). The van der Waals surface area contributed by atoms with Gasteiger partial charge in [0, 0.05) is 40.6 Å². The van der Waals surface area contributed by atoms with Gasteiger partial charge in [-0.25, -0.2) is 5.48 Å². The first-order valence-corrected chi connectivity index (χ1v) is 12.3. The number of carbonyl (C=O) groups is 1. The molecule has 2 heterocycles. The van der Waals surface area contributed by atoms with Crippen LogP contribution in [0.1, 0.15) is 34.3 Å². The van der Waals surface area contributed by atoms with E-state index in [0.29, 0.717) is 48.6 Å². The molecule has 35 heavy (non-hydrogen) atoms. The summed E-state index contributed by atoms with van der Waals surface area (Å²) in [5.41, 5.74) is 11.5. The summed E-state index contributed by atoms with van der Waals surface area (Å²) in [6.07, 6.45) is 5.75. The van der Waals surface area contributed by atoms with Crippen molar-refractivity contribution in [3.63, 3.8) is 0 Å². The van der Waals surface area contributed by atoms with E-state index in [1.54, 1.807) is 24.3 Å². The summed E-state index contributed by atoms with van der Waals surface area (Å²) in [6.45, 7) is 1.72. The van der Waals surface area contributed by atoms with Gasteiger partial charge in [-0.1, -0.05) is 18.2 Å². The van der Waals surface area contributed by atoms with Crippen molar-refractivity contribution in [1.82, 2.24) is 10.4 Å². The fourth-order valence-electron chi connectivity index (χ4n) is 6.46. The standard InChI is InChI=1S/C27H31N3O5/c1-30-12-11-27-19-8-9-21(31)25(27)35-24-22(10-5-17(23(24)27)15-20(19)30)33-13-2-14-34-29-26(32)16-3-6-18(28)7-4-16/h3-10,19-21,25,31H,2,11-15,28H2,1H3,(H,29,32)/t19-,20+,21?,25?,27-/m0/s1. The summed E-state index contributed by atoms with van der Waals surface area (Å²) in [7, 11) is 2.20. The Labute approximate surface area is 204 Å². The maximum absolute atomic E-state index is 12.1. The van der Waals surface area contributed by atoms with Crippen molar-refractivity contribution in [2.75, 3.05) is 32.5 Å². The number of rotatable bonds is 7. The summed E-state index contributed by atoms with van der Waals surface area (Å²) in [5, 5.41) is 10.8. The Kier molecular flexibility index (Phi) is 5.47. The molecule has 1 fully saturated rings. The Hall–Kier alpha value is -3.07. The molecule has 4 aliphatic rings. The first kappa shape index (κ1) is 22.4. The molecular weight excluding hydrogens is 446 g/mol. The smallest absolute Gasteiger partial charge is 0.274 e. The highest BCUT2D eigenvalue weighted by Crippen LogP contribution is 2.62. The maximum atomic E-state index is 12.1. The van der Waals surface area contributed by atoms with Gasteiger partial charge in [-0.2, -0.15) is 0 Å². The molecule has 2 aromatic carbocycles. The average Bonchev–Trinajstić information content (AvgIpc) is 3.21. The van der Waals surface area contributed by atoms with Gasteiger partial charge >= 0.3 is 0 Å². The molecule has 0 saturated carbocycles. The number of anilines is 1. The predicted octanol–water partition coefficient (Wildman–Crippen LogP) is 2.21. The topological polar surface area (TPSA) is 106 Å². The van der Waals surface area contributed by atoms with Gasteiger partial charge in [-0.05, 0) is 62.3 Å². The van der Waals surface area contributed by atoms with Gasteiger partial charge in [-0.15, -0.1) is 0 Å². The lowest BCUT2D eigenvalue weighted by atomic mass is 9.53. The lowest BCUT2D eigenvalue weighted by Gasteiger charge is -2.56. The van der Waals surface area contributed by atoms with Crippen molar-refractivity contribution in [2.24, 2.45) is 5.92 Å². The summed E-state index contributed by atoms with van der Waals surface area (Å²) in [4.78, 5) is 19.9. The van der Waals surface area contributed by atoms with Crippen LogP contribution in [0.3, 0.4) is 0 Å². The average molecular weight is 478 g/mol. The molecule has 2 unspecified atom stereocenters. The molecule has 0 radical (unpaired) electrons. The van der Waals surface area contributed by atoms with Gasteiger partial charge in [0.2, 0.25) is 0 Å². The van der Waals surface area contributed by atoms with E-state index in [1.165, 1.54) is 11.1 Å². The lowest BCUT2D eigenvalue weighted by Crippen LogP contribution is -2.64. The normalized spacial score (nSPS) is 29.9. The zero-order chi connectivity index (χ0) is 24.2. The Morgan fingerprint density at radius 2 is 2.06 bits per heavy atom. The summed E-state index contributed by atoms with van der Waals surface area (Å²) in [6, 6.07) is 11.2. The summed E-state index contributed by atoms with van der Waals surface area (Å²) >= 11 is 0. The SMILES string of the molecule is CN1CC[C@]23c4c5ccc(OCCCONC(=O)c6ccc(N)cc6)c4OC2C(O)C=C[C@H]3[C@H]1C5. The molecule has 4 N–H and O–H groups in total. The minimum absolute atomic E-state index is 0.191. The molecule has 2 aliphatic carbocycles. The van der Waals surface area contributed by atoms with Crippen LogP contribution in [0.25, 0.3) is 0 Å². The number of nitrogens with two attached hydrogens (primary N) is 1. The number of likely N-dealkylation sites (tertiary alicyclic amines) is 1. The second-order valence-corrected chi connectivity index (χ2v) is 10.0. The molecule has 8 nitrogen and oxygen atoms in total. The number of amides is 1. The van der Waals surface area contributed by atoms with Crippen molar-refractivity contribution in [3.05, 3.63) is 65.2 Å². The van der Waals surface area contributed by atoms with E-state index in [4.69, 9.17) is 20.0 Å². The molecule has 1 amide bonds. The number of aliphatic hydroxyl groups excluding tert-OH is 1. The van der Waals surface area contributed by atoms with Crippen LogP contribution in [0.4, 0.5) is 5.69 Å². The quantitative estimate of drug-likeness (QED) is 0.243. The Morgan fingerprint density at radius 3 is 2.89 bits per heavy atom. The number of hydroxylamine groups is 1. The zero-order valence-corrected chi connectivity index (χ0v) is 19.8. The van der Waals surface area contributed by atoms with Crippen molar-refractivity contribution < 1.29 is 24.2 Å². The number of nitrogens with zero attached hydrogens (tertiary/aromatic N) is 1. The van der Waals surface area contributed by atoms with Crippen molar-refractivity contribution in [1.29, 1.82) is 0 Å². The number of benzene rings is 2. The van der Waals surface area contributed by atoms with Crippen LogP contribution in [0.2, 0.25) is 0 Å². The number of piperidine rings is 1. The van der Waals surface area contributed by atoms with Crippen LogP contribution in [0.15, 0.2) is 48.6 Å². The number of hydrogen-bond acceptors (Lipinski definition) is 7. The zero-order valence-electron chi connectivity index (χ0n) is 19.8. The van der Waals surface area contributed by atoms with E-state index >= 15 is 0 Å². The molecule has 2 aromatic rings. The third-order valence-corrected chi connectivity index (χ3v) is 8.12. The van der Waals surface area contributed by atoms with Gasteiger partial charge in [0.1, 0.15) is 12.2 Å². The van der Waals surface area contributed by atoms with Gasteiger partial charge in [-0.3, -0.25) is 9.63 Å². The molecule has 2 bridgehead atoms. The van der Waals surface area contributed by atoms with Gasteiger partial charge < -0.3 is 25.2 Å². The molecular formula is C27H31N3O5. The predicted molar refractivity (Wildman–Crippen MR) is 130 cm³/mol. The second-order valence-electron chi connectivity index (χ2n) is 10.0. The summed E-state index contributed by atoms with van der Waals surface area (Å²) < 4.78 is 12.6. The first-order valence-electron chi connectivity index (χ1n) is 12.3. The van der Waals surface area contributed by atoms with Crippen molar-refractivity contribution >= 4 is 11.6 Å². The van der Waals surface area contributed by atoms with Gasteiger partial charge in [0.05, 0.1) is 13.2 Å². The van der Waals surface area contributed by atoms with Crippen LogP contribution >= 0.6 is 0 Å². The number of hydrogen-bond donors (Lipinski definition) is 3. The van der Waals surface area contributed by atoms with Crippen LogP contribution in [0, 0.1) is 5.92 Å². The third-order valence-electron chi connectivity index (χ3n) is 8.12. The highest BCUT2D eigenvalue weighted by molar-refractivity contribution is 5.93. The molecule has 0 aromatic heterocycles. The minimum Gasteiger partial charge on any atom is -0.490 e. The van der Waals surface area contributed by atoms with Gasteiger partial charge in [0.15, 0.2) is 11.5 Å². The molecule has 2 aliphatic heterocycles. The maximum Gasteiger partial charge on any atom is 0.274 e. The number of nitrogen functional groups attached to an aromatic ring is 1. The Bertz CT molecular complexity index is 1170. The van der Waals surface area contributed by atoms with E-state index in [0.717, 1.165) is 25.1 Å². The number of carbonyl (C=O) groups excluding carboxylic acids is 1. The highest BCUT2D eigenvalue weighted by Gasteiger charge is 2.64. The van der Waals surface area contributed by atoms with Crippen LogP contribution < -0.4 is 20.7 Å². The van der Waals surface area contributed by atoms with Crippen molar-refractivity contribution in [2.45, 2.75) is 42.9 Å². The van der Waals surface area contributed by atoms with E-state index < -0.39 is 6.10 Å².